The lowest BCUT2D eigenvalue weighted by molar-refractivity contribution is -0.384. The summed E-state index contributed by atoms with van der Waals surface area (Å²) in [6.07, 6.45) is 1.87. The number of anilines is 2. The Labute approximate surface area is 174 Å². The Kier molecular flexibility index (Phi) is 5.65. The highest BCUT2D eigenvalue weighted by atomic mass is 16.6. The maximum absolute atomic E-state index is 12.5. The van der Waals surface area contributed by atoms with Crippen molar-refractivity contribution in [2.45, 2.75) is 19.3 Å². The van der Waals surface area contributed by atoms with Crippen molar-refractivity contribution >= 4 is 28.9 Å². The maximum Gasteiger partial charge on any atom is 0.309 e. The molecule has 0 saturated carbocycles. The number of piperidine rings is 1. The van der Waals surface area contributed by atoms with E-state index in [1.807, 2.05) is 29.2 Å². The first-order chi connectivity index (χ1) is 14.5. The molecule has 2 aliphatic heterocycles. The van der Waals surface area contributed by atoms with Crippen molar-refractivity contribution in [2.75, 3.05) is 36.0 Å². The lowest BCUT2D eigenvalue weighted by Gasteiger charge is -2.32. The van der Waals surface area contributed by atoms with Crippen LogP contribution >= 0.6 is 0 Å². The van der Waals surface area contributed by atoms with E-state index >= 15 is 0 Å². The van der Waals surface area contributed by atoms with Crippen molar-refractivity contribution in [2.24, 2.45) is 5.92 Å². The van der Waals surface area contributed by atoms with Crippen LogP contribution in [0.4, 0.5) is 17.1 Å². The normalized spacial score (nSPS) is 16.3. The third kappa shape index (κ3) is 3.98. The number of amides is 1. The van der Waals surface area contributed by atoms with Gasteiger partial charge in [0.2, 0.25) is 0 Å². The third-order valence-electron chi connectivity index (χ3n) is 5.77. The van der Waals surface area contributed by atoms with Crippen LogP contribution in [0.3, 0.4) is 0 Å². The number of nitro groups is 1. The molecule has 0 unspecified atom stereocenters. The number of benzene rings is 2. The van der Waals surface area contributed by atoms with Gasteiger partial charge in [-0.1, -0.05) is 30.3 Å². The van der Waals surface area contributed by atoms with Gasteiger partial charge in [-0.3, -0.25) is 19.7 Å². The van der Waals surface area contributed by atoms with Gasteiger partial charge in [0.15, 0.2) is 6.61 Å². The molecule has 2 aromatic carbocycles. The first-order valence-electron chi connectivity index (χ1n) is 10.1. The predicted octanol–water partition coefficient (Wildman–Crippen LogP) is 2.94. The van der Waals surface area contributed by atoms with Crippen LogP contribution in [0.1, 0.15) is 18.4 Å². The average molecular weight is 409 g/mol. The Bertz CT molecular complexity index is 969. The van der Waals surface area contributed by atoms with Gasteiger partial charge in [0.1, 0.15) is 5.69 Å². The topological polar surface area (TPSA) is 93.0 Å². The fourth-order valence-corrected chi connectivity index (χ4v) is 4.17. The molecule has 0 N–H and O–H groups in total. The van der Waals surface area contributed by atoms with Crippen molar-refractivity contribution < 1.29 is 19.2 Å². The molecule has 2 aliphatic rings. The number of esters is 1. The molecule has 2 aromatic rings. The zero-order valence-electron chi connectivity index (χ0n) is 16.5. The summed E-state index contributed by atoms with van der Waals surface area (Å²) >= 11 is 0. The number of fused-ring (bicyclic) bond motifs is 1. The summed E-state index contributed by atoms with van der Waals surface area (Å²) in [5, 5.41) is 11.2. The number of nitrogens with zero attached hydrogens (tertiary/aromatic N) is 3. The fourth-order valence-electron chi connectivity index (χ4n) is 4.17. The van der Waals surface area contributed by atoms with Crippen LogP contribution in [0.15, 0.2) is 48.5 Å². The molecular weight excluding hydrogens is 386 g/mol. The van der Waals surface area contributed by atoms with E-state index in [1.54, 1.807) is 23.1 Å². The molecule has 0 radical (unpaired) electrons. The molecule has 0 atom stereocenters. The molecule has 8 heteroatoms. The first-order valence-corrected chi connectivity index (χ1v) is 10.1. The van der Waals surface area contributed by atoms with Gasteiger partial charge >= 0.3 is 5.97 Å². The van der Waals surface area contributed by atoms with E-state index in [1.165, 1.54) is 6.07 Å². The minimum Gasteiger partial charge on any atom is -0.455 e. The van der Waals surface area contributed by atoms with E-state index < -0.39 is 4.92 Å². The number of carbonyl (C=O) groups is 2. The van der Waals surface area contributed by atoms with Crippen molar-refractivity contribution in [1.29, 1.82) is 0 Å². The van der Waals surface area contributed by atoms with Crippen LogP contribution in [-0.2, 0) is 20.7 Å². The van der Waals surface area contributed by atoms with Crippen LogP contribution in [0.25, 0.3) is 0 Å². The van der Waals surface area contributed by atoms with Gasteiger partial charge < -0.3 is 14.5 Å². The number of nitro benzene ring substituents is 1. The minimum absolute atomic E-state index is 0.0648. The molecule has 0 spiro atoms. The van der Waals surface area contributed by atoms with Gasteiger partial charge in [-0.05, 0) is 37.0 Å². The molecule has 30 heavy (non-hydrogen) atoms. The van der Waals surface area contributed by atoms with E-state index in [-0.39, 0.29) is 30.1 Å². The smallest absolute Gasteiger partial charge is 0.309 e. The standard InChI is InChI=1S/C22H23N3O5/c26-21(24-14-11-16-5-1-2-6-18(16)24)15-30-22(27)17-9-12-23(13-10-17)19-7-3-4-8-20(19)25(28)29/h1-8,17H,9-15H2. The van der Waals surface area contributed by atoms with Gasteiger partial charge in [-0.2, -0.15) is 0 Å². The van der Waals surface area contributed by atoms with Gasteiger partial charge in [0.25, 0.3) is 11.6 Å². The Hall–Kier alpha value is -3.42. The van der Waals surface area contributed by atoms with Gasteiger partial charge in [-0.25, -0.2) is 0 Å². The molecule has 0 bridgehead atoms. The molecular formula is C22H23N3O5. The van der Waals surface area contributed by atoms with E-state index in [0.29, 0.717) is 38.2 Å². The monoisotopic (exact) mass is 409 g/mol. The lowest BCUT2D eigenvalue weighted by Crippen LogP contribution is -2.38. The third-order valence-corrected chi connectivity index (χ3v) is 5.77. The van der Waals surface area contributed by atoms with E-state index in [9.17, 15) is 19.7 Å². The van der Waals surface area contributed by atoms with Gasteiger partial charge in [0.05, 0.1) is 10.8 Å². The Morgan fingerprint density at radius 2 is 1.67 bits per heavy atom. The molecule has 4 rings (SSSR count). The van der Waals surface area contributed by atoms with Gasteiger partial charge in [-0.15, -0.1) is 0 Å². The molecule has 8 nitrogen and oxygen atoms in total. The molecule has 1 saturated heterocycles. The van der Waals surface area contributed by atoms with Crippen LogP contribution in [-0.4, -0.2) is 43.0 Å². The maximum atomic E-state index is 12.5. The van der Waals surface area contributed by atoms with Crippen LogP contribution < -0.4 is 9.80 Å². The highest BCUT2D eigenvalue weighted by Gasteiger charge is 2.30. The second-order valence-electron chi connectivity index (χ2n) is 7.54. The Balaban J connectivity index is 1.29. The van der Waals surface area contributed by atoms with Crippen LogP contribution in [0, 0.1) is 16.0 Å². The molecule has 1 fully saturated rings. The zero-order chi connectivity index (χ0) is 21.1. The average Bonchev–Trinajstić information content (AvgIpc) is 3.21. The minimum atomic E-state index is -0.391. The van der Waals surface area contributed by atoms with Crippen molar-refractivity contribution in [3.63, 3.8) is 0 Å². The summed E-state index contributed by atoms with van der Waals surface area (Å²) in [6, 6.07) is 14.4. The second kappa shape index (κ2) is 8.52. The molecule has 2 heterocycles. The first kappa shape index (κ1) is 19.9. The van der Waals surface area contributed by atoms with E-state index in [0.717, 1.165) is 17.7 Å². The molecule has 1 amide bonds. The number of rotatable bonds is 5. The largest absolute Gasteiger partial charge is 0.455 e. The number of carbonyl (C=O) groups excluding carboxylic acids is 2. The summed E-state index contributed by atoms with van der Waals surface area (Å²) < 4.78 is 5.32. The highest BCUT2D eigenvalue weighted by Crippen LogP contribution is 2.31. The molecule has 0 aromatic heterocycles. The molecule has 156 valence electrons. The van der Waals surface area contributed by atoms with E-state index in [2.05, 4.69) is 0 Å². The highest BCUT2D eigenvalue weighted by molar-refractivity contribution is 5.97. The number of para-hydroxylation sites is 3. The quantitative estimate of drug-likeness (QED) is 0.428. The number of ether oxygens (including phenoxy) is 1. The molecule has 0 aliphatic carbocycles. The van der Waals surface area contributed by atoms with Crippen LogP contribution in [0.2, 0.25) is 0 Å². The summed E-state index contributed by atoms with van der Waals surface area (Å²) in [4.78, 5) is 39.4. The van der Waals surface area contributed by atoms with Crippen molar-refractivity contribution in [3.05, 3.63) is 64.2 Å². The van der Waals surface area contributed by atoms with Crippen molar-refractivity contribution in [1.82, 2.24) is 0 Å². The number of hydrogen-bond acceptors (Lipinski definition) is 6. The van der Waals surface area contributed by atoms with E-state index in [4.69, 9.17) is 4.74 Å². The lowest BCUT2D eigenvalue weighted by atomic mass is 9.96. The summed E-state index contributed by atoms with van der Waals surface area (Å²) in [5.74, 6) is -0.897. The fraction of sp³-hybridized carbons (Fsp3) is 0.364. The predicted molar refractivity (Wildman–Crippen MR) is 111 cm³/mol. The Morgan fingerprint density at radius 3 is 2.40 bits per heavy atom. The summed E-state index contributed by atoms with van der Waals surface area (Å²) in [5.41, 5.74) is 2.64. The van der Waals surface area contributed by atoms with Crippen LogP contribution in [0.5, 0.6) is 0 Å². The second-order valence-corrected chi connectivity index (χ2v) is 7.54. The van der Waals surface area contributed by atoms with Crippen molar-refractivity contribution in [3.8, 4) is 0 Å². The SMILES string of the molecule is O=C(OCC(=O)N1CCc2ccccc21)C1CCN(c2ccccc2[N+](=O)[O-])CC1. The summed E-state index contributed by atoms with van der Waals surface area (Å²) in [7, 11) is 0. The summed E-state index contributed by atoms with van der Waals surface area (Å²) in [6.45, 7) is 1.39. The van der Waals surface area contributed by atoms with Gasteiger partial charge in [0, 0.05) is 31.4 Å². The zero-order valence-corrected chi connectivity index (χ0v) is 16.5. The number of hydrogen-bond donors (Lipinski definition) is 0. The Morgan fingerprint density at radius 1 is 1.00 bits per heavy atom.